The number of phosphoric ester groups is 1. The van der Waals surface area contributed by atoms with Crippen molar-refractivity contribution in [1.29, 1.82) is 0 Å². The zero-order valence-corrected chi connectivity index (χ0v) is 14.4. The van der Waals surface area contributed by atoms with Crippen LogP contribution in [-0.4, -0.2) is 33.0 Å². The Hall–Kier alpha value is -1.80. The van der Waals surface area contributed by atoms with Crippen LogP contribution in [0.3, 0.4) is 0 Å². The summed E-state index contributed by atoms with van der Waals surface area (Å²) >= 11 is 0. The first-order chi connectivity index (χ1) is 11.1. The molecule has 1 rings (SSSR count). The highest BCUT2D eigenvalue weighted by atomic mass is 31.2. The van der Waals surface area contributed by atoms with E-state index in [-0.39, 0.29) is 22.7 Å². The summed E-state index contributed by atoms with van der Waals surface area (Å²) < 4.78 is 15.2. The zero-order chi connectivity index (χ0) is 18.5. The van der Waals surface area contributed by atoms with Gasteiger partial charge in [-0.2, -0.15) is 0 Å². The summed E-state index contributed by atoms with van der Waals surface area (Å²) in [5.74, 6) is -2.20. The number of carboxylic acid groups (broad SMARTS) is 1. The Kier molecular flexibility index (Phi) is 7.04. The smallest absolute Gasteiger partial charge is 0.469 e. The lowest BCUT2D eigenvalue weighted by molar-refractivity contribution is -0.308. The van der Waals surface area contributed by atoms with Crippen LogP contribution in [0.25, 0.3) is 0 Å². The minimum Gasteiger partial charge on any atom is -0.871 e. The molecule has 1 aromatic rings. The number of hydrogen-bond acceptors (Lipinski definition) is 7. The number of phosphoric acid groups is 1. The van der Waals surface area contributed by atoms with E-state index < -0.39 is 32.2 Å². The van der Waals surface area contributed by atoms with Crippen molar-refractivity contribution in [2.75, 3.05) is 0 Å². The third-order valence-electron chi connectivity index (χ3n) is 3.51. The largest absolute Gasteiger partial charge is 0.871 e. The molecule has 0 aliphatic carbocycles. The number of rotatable bonds is 8. The van der Waals surface area contributed by atoms with Crippen LogP contribution in [0, 0.1) is 12.8 Å². The monoisotopic (exact) mass is 358 g/mol. The summed E-state index contributed by atoms with van der Waals surface area (Å²) in [6, 6.07) is -1.14. The van der Waals surface area contributed by atoms with Gasteiger partial charge in [-0.05, 0) is 18.4 Å². The van der Waals surface area contributed by atoms with E-state index in [4.69, 9.17) is 9.79 Å². The maximum atomic E-state index is 12.2. The topological polar surface area (TPSA) is 155 Å². The Morgan fingerprint density at radius 2 is 2.17 bits per heavy atom. The number of pyridine rings is 1. The predicted octanol–water partition coefficient (Wildman–Crippen LogP) is -0.344. The molecule has 0 bridgehead atoms. The van der Waals surface area contributed by atoms with E-state index in [0.29, 0.717) is 6.42 Å². The van der Waals surface area contributed by atoms with E-state index in [0.717, 1.165) is 6.21 Å². The van der Waals surface area contributed by atoms with Gasteiger partial charge in [-0.25, -0.2) is 4.57 Å². The number of carbonyl (C=O) groups excluding carboxylic acids is 1. The molecular formula is C14H19N2O7P-2. The molecule has 2 atom stereocenters. The van der Waals surface area contributed by atoms with E-state index in [9.17, 15) is 19.6 Å². The highest BCUT2D eigenvalue weighted by molar-refractivity contribution is 7.46. The summed E-state index contributed by atoms with van der Waals surface area (Å²) in [7, 11) is -4.73. The molecule has 24 heavy (non-hydrogen) atoms. The first-order valence-corrected chi connectivity index (χ1v) is 8.69. The molecule has 0 amide bonds. The van der Waals surface area contributed by atoms with Gasteiger partial charge in [0, 0.05) is 23.7 Å². The minimum atomic E-state index is -4.73. The van der Waals surface area contributed by atoms with Crippen LogP contribution >= 0.6 is 7.82 Å². The number of aryl methyl sites for hydroxylation is 1. The molecular weight excluding hydrogens is 339 g/mol. The van der Waals surface area contributed by atoms with Crippen LogP contribution in [0.15, 0.2) is 11.2 Å². The van der Waals surface area contributed by atoms with Crippen molar-refractivity contribution in [2.45, 2.75) is 39.8 Å². The summed E-state index contributed by atoms with van der Waals surface area (Å²) in [6.45, 7) is 4.38. The quantitative estimate of drug-likeness (QED) is 0.472. The fraction of sp³-hybridized carbons (Fsp3) is 0.500. The summed E-state index contributed by atoms with van der Waals surface area (Å²) in [4.78, 5) is 36.4. The lowest BCUT2D eigenvalue weighted by atomic mass is 10.00. The van der Waals surface area contributed by atoms with Gasteiger partial charge in [0.05, 0.1) is 18.6 Å². The molecule has 9 nitrogen and oxygen atoms in total. The molecule has 0 spiro atoms. The molecule has 0 radical (unpaired) electrons. The van der Waals surface area contributed by atoms with Crippen LogP contribution in [0.4, 0.5) is 0 Å². The fourth-order valence-corrected chi connectivity index (χ4v) is 2.18. The SMILES string of the molecule is CC[C@H](C)[C@H](N=Cc1c(COP(=O)(O)O)cnc(C)c1[O-])C(=O)[O-]. The van der Waals surface area contributed by atoms with Crippen molar-refractivity contribution >= 4 is 20.0 Å². The number of aliphatic carboxylic acids is 1. The van der Waals surface area contributed by atoms with Crippen molar-refractivity contribution in [3.8, 4) is 5.75 Å². The molecule has 0 saturated heterocycles. The second kappa shape index (κ2) is 8.34. The molecule has 10 heteroatoms. The summed E-state index contributed by atoms with van der Waals surface area (Å²) in [5.41, 5.74) is 0.217. The second-order valence-corrected chi connectivity index (χ2v) is 6.54. The van der Waals surface area contributed by atoms with Crippen LogP contribution in [0.5, 0.6) is 5.75 Å². The zero-order valence-electron chi connectivity index (χ0n) is 13.5. The molecule has 0 saturated carbocycles. The van der Waals surface area contributed by atoms with Gasteiger partial charge in [0.25, 0.3) is 0 Å². The van der Waals surface area contributed by atoms with Crippen molar-refractivity contribution in [3.63, 3.8) is 0 Å². The highest BCUT2D eigenvalue weighted by Gasteiger charge is 2.17. The summed E-state index contributed by atoms with van der Waals surface area (Å²) in [5, 5.41) is 23.3. The molecule has 0 aromatic carbocycles. The van der Waals surface area contributed by atoms with E-state index in [1.54, 1.807) is 13.8 Å². The number of nitrogens with zero attached hydrogens (tertiary/aromatic N) is 2. The van der Waals surface area contributed by atoms with Gasteiger partial charge in [0.2, 0.25) is 0 Å². The van der Waals surface area contributed by atoms with E-state index >= 15 is 0 Å². The normalized spacial score (nSPS) is 14.7. The van der Waals surface area contributed by atoms with Crippen LogP contribution < -0.4 is 10.2 Å². The number of hydrogen-bond donors (Lipinski definition) is 2. The number of carbonyl (C=O) groups is 1. The molecule has 0 unspecified atom stereocenters. The molecule has 0 fully saturated rings. The van der Waals surface area contributed by atoms with Crippen molar-refractivity contribution in [3.05, 3.63) is 23.0 Å². The van der Waals surface area contributed by atoms with Crippen molar-refractivity contribution in [2.24, 2.45) is 10.9 Å². The second-order valence-electron chi connectivity index (χ2n) is 5.30. The lowest BCUT2D eigenvalue weighted by Gasteiger charge is -2.21. The Labute approximate surface area is 139 Å². The maximum Gasteiger partial charge on any atom is 0.469 e. The van der Waals surface area contributed by atoms with Crippen LogP contribution in [-0.2, 0) is 20.5 Å². The Balaban J connectivity index is 3.20. The van der Waals surface area contributed by atoms with Gasteiger partial charge >= 0.3 is 7.82 Å². The standard InChI is InChI=1S/C14H21N2O7P/c1-4-8(2)12(14(18)19)16-6-11-10(7-23-24(20,21)22)5-15-9(3)13(11)17/h5-6,8,12,17H,4,7H2,1-3H3,(H,18,19)(H2,20,21,22)/p-2/t8-,12-/m0/s1. The minimum absolute atomic E-state index is 0.0227. The third-order valence-corrected chi connectivity index (χ3v) is 3.98. The van der Waals surface area contributed by atoms with Gasteiger partial charge in [-0.15, -0.1) is 0 Å². The molecule has 1 heterocycles. The van der Waals surface area contributed by atoms with Crippen LogP contribution in [0.2, 0.25) is 0 Å². The summed E-state index contributed by atoms with van der Waals surface area (Å²) in [6.07, 6.45) is 2.84. The number of carboxylic acids is 1. The van der Waals surface area contributed by atoms with Crippen molar-refractivity contribution < 1.29 is 33.9 Å². The highest BCUT2D eigenvalue weighted by Crippen LogP contribution is 2.37. The molecule has 0 aliphatic heterocycles. The molecule has 2 N–H and O–H groups in total. The first kappa shape index (κ1) is 20.2. The fourth-order valence-electron chi connectivity index (χ4n) is 1.87. The Morgan fingerprint density at radius 1 is 1.54 bits per heavy atom. The average Bonchev–Trinajstić information content (AvgIpc) is 2.48. The van der Waals surface area contributed by atoms with Gasteiger partial charge in [-0.3, -0.25) is 14.5 Å². The molecule has 1 aromatic heterocycles. The maximum absolute atomic E-state index is 12.2. The molecule has 134 valence electrons. The Morgan fingerprint density at radius 3 is 2.67 bits per heavy atom. The number of aliphatic imine (C=N–C) groups is 1. The van der Waals surface area contributed by atoms with Gasteiger partial charge in [-0.1, -0.05) is 26.0 Å². The van der Waals surface area contributed by atoms with E-state index in [2.05, 4.69) is 14.5 Å². The third kappa shape index (κ3) is 5.68. The average molecular weight is 358 g/mol. The first-order valence-electron chi connectivity index (χ1n) is 7.16. The van der Waals surface area contributed by atoms with Gasteiger partial charge in [0.15, 0.2) is 0 Å². The molecule has 0 aliphatic rings. The van der Waals surface area contributed by atoms with E-state index in [1.807, 2.05) is 0 Å². The lowest BCUT2D eigenvalue weighted by Crippen LogP contribution is -2.38. The van der Waals surface area contributed by atoms with E-state index in [1.165, 1.54) is 13.1 Å². The predicted molar refractivity (Wildman–Crippen MR) is 81.1 cm³/mol. The van der Waals surface area contributed by atoms with Crippen molar-refractivity contribution in [1.82, 2.24) is 4.98 Å². The van der Waals surface area contributed by atoms with Crippen LogP contribution in [0.1, 0.15) is 37.1 Å². The van der Waals surface area contributed by atoms with Gasteiger partial charge < -0.3 is 24.8 Å². The van der Waals surface area contributed by atoms with Gasteiger partial charge in [0.1, 0.15) is 0 Å². The number of aromatic nitrogens is 1. The Bertz CT molecular complexity index is 671.